The molecule has 0 radical (unpaired) electrons. The van der Waals surface area contributed by atoms with Crippen molar-refractivity contribution in [2.24, 2.45) is 5.92 Å². The Morgan fingerprint density at radius 3 is 2.18 bits per heavy atom. The van der Waals surface area contributed by atoms with E-state index in [1.807, 2.05) is 0 Å². The molecule has 4 nitrogen and oxygen atoms in total. The van der Waals surface area contributed by atoms with Crippen LogP contribution in [0.2, 0.25) is 0 Å². The van der Waals surface area contributed by atoms with Gasteiger partial charge in [-0.05, 0) is 64.7 Å². The number of hydrogen-bond acceptors (Lipinski definition) is 4. The lowest BCUT2D eigenvalue weighted by Crippen LogP contribution is -2.42. The number of unbranched alkanes of at least 4 members (excludes halogenated alkanes) is 6. The van der Waals surface area contributed by atoms with Crippen molar-refractivity contribution in [3.8, 4) is 5.75 Å². The maximum atomic E-state index is 9.97. The highest BCUT2D eigenvalue weighted by molar-refractivity contribution is 5.27. The first-order valence-corrected chi connectivity index (χ1v) is 12.9. The third-order valence-electron chi connectivity index (χ3n) is 6.17. The molecule has 0 spiro atoms. The molecule has 0 heterocycles. The Kier molecular flexibility index (Phi) is 14.7. The average Bonchev–Trinajstić information content (AvgIpc) is 2.75. The highest BCUT2D eigenvalue weighted by Crippen LogP contribution is 2.25. The molecular weight excluding hydrogens is 412 g/mol. The van der Waals surface area contributed by atoms with Crippen molar-refractivity contribution in [2.75, 3.05) is 26.4 Å². The van der Waals surface area contributed by atoms with E-state index in [1.165, 1.54) is 50.5 Å². The second kappa shape index (κ2) is 16.3. The monoisotopic (exact) mass is 462 g/mol. The number of hydrogen-bond donors (Lipinski definition) is 1. The van der Waals surface area contributed by atoms with Crippen molar-refractivity contribution in [3.63, 3.8) is 0 Å². The summed E-state index contributed by atoms with van der Waals surface area (Å²) >= 11 is 0. The highest BCUT2D eigenvalue weighted by Gasteiger charge is 2.32. The summed E-state index contributed by atoms with van der Waals surface area (Å²) in [5.41, 5.74) is 0.193. The second-order valence-corrected chi connectivity index (χ2v) is 10.4. The molecule has 0 aliphatic carbocycles. The highest BCUT2D eigenvalue weighted by atomic mass is 16.5. The molecule has 1 atom stereocenters. The van der Waals surface area contributed by atoms with Crippen molar-refractivity contribution < 1.29 is 19.3 Å². The molecule has 190 valence electrons. The Morgan fingerprint density at radius 1 is 0.939 bits per heavy atom. The van der Waals surface area contributed by atoms with Crippen LogP contribution in [0.4, 0.5) is 0 Å². The molecule has 0 saturated carbocycles. The Bertz CT molecular complexity index is 616. The molecule has 1 aromatic carbocycles. The van der Waals surface area contributed by atoms with Gasteiger partial charge in [-0.1, -0.05) is 63.7 Å². The van der Waals surface area contributed by atoms with Crippen LogP contribution in [0.25, 0.3) is 0 Å². The average molecular weight is 463 g/mol. The van der Waals surface area contributed by atoms with Gasteiger partial charge in [0.2, 0.25) is 0 Å². The summed E-state index contributed by atoms with van der Waals surface area (Å²) in [5.74, 6) is 0.922. The van der Waals surface area contributed by atoms with E-state index in [0.29, 0.717) is 32.8 Å². The second-order valence-electron chi connectivity index (χ2n) is 10.4. The number of rotatable bonds is 20. The van der Waals surface area contributed by atoms with Crippen LogP contribution < -0.4 is 4.74 Å². The van der Waals surface area contributed by atoms with Crippen molar-refractivity contribution in [1.29, 1.82) is 0 Å². The molecule has 0 fully saturated rings. The summed E-state index contributed by atoms with van der Waals surface area (Å²) in [6, 6.07) is 8.50. The van der Waals surface area contributed by atoms with Crippen molar-refractivity contribution >= 4 is 0 Å². The van der Waals surface area contributed by atoms with E-state index in [2.05, 4.69) is 51.6 Å². The standard InChI is InChI=1S/C29H50O4/c1-7-9-10-11-12-13-14-15-25-16-18-27(19-17-25)32-24-26(23-31-21-8-2)29(5,6)33-22-20-28(3,4)30/h8,16-19,26,30H,2,7,9-15,20-24H2,1,3-6H3. The molecule has 1 N–H and O–H groups in total. The fourth-order valence-electron chi connectivity index (χ4n) is 3.66. The van der Waals surface area contributed by atoms with Crippen LogP contribution in [-0.4, -0.2) is 42.7 Å². The Morgan fingerprint density at radius 2 is 1.58 bits per heavy atom. The lowest BCUT2D eigenvalue weighted by Gasteiger charge is -2.35. The van der Waals surface area contributed by atoms with Gasteiger partial charge in [0.05, 0.1) is 37.6 Å². The maximum Gasteiger partial charge on any atom is 0.119 e. The topological polar surface area (TPSA) is 47.9 Å². The lowest BCUT2D eigenvalue weighted by molar-refractivity contribution is -0.104. The molecule has 1 unspecified atom stereocenters. The molecule has 4 heteroatoms. The van der Waals surface area contributed by atoms with Crippen molar-refractivity contribution in [3.05, 3.63) is 42.5 Å². The van der Waals surface area contributed by atoms with Crippen LogP contribution in [0.1, 0.15) is 91.5 Å². The zero-order valence-electron chi connectivity index (χ0n) is 22.0. The first-order valence-electron chi connectivity index (χ1n) is 12.9. The van der Waals surface area contributed by atoms with Gasteiger partial charge >= 0.3 is 0 Å². The zero-order valence-corrected chi connectivity index (χ0v) is 22.0. The van der Waals surface area contributed by atoms with Crippen LogP contribution in [0.15, 0.2) is 36.9 Å². The Balaban J connectivity index is 2.50. The first-order chi connectivity index (χ1) is 15.7. The van der Waals surface area contributed by atoms with Crippen molar-refractivity contribution in [1.82, 2.24) is 0 Å². The largest absolute Gasteiger partial charge is 0.493 e. The number of ether oxygens (including phenoxy) is 3. The summed E-state index contributed by atoms with van der Waals surface area (Å²) in [6.45, 7) is 15.7. The quantitative estimate of drug-likeness (QED) is 0.165. The summed E-state index contributed by atoms with van der Waals surface area (Å²) in [6.07, 6.45) is 12.8. The molecule has 0 aliphatic rings. The van der Waals surface area contributed by atoms with Gasteiger partial charge in [0.15, 0.2) is 0 Å². The van der Waals surface area contributed by atoms with Gasteiger partial charge in [-0.25, -0.2) is 0 Å². The van der Waals surface area contributed by atoms with Crippen LogP contribution in [0, 0.1) is 5.92 Å². The number of aryl methyl sites for hydroxylation is 1. The summed E-state index contributed by atoms with van der Waals surface area (Å²) in [5, 5.41) is 9.97. The van der Waals surface area contributed by atoms with Crippen LogP contribution in [0.3, 0.4) is 0 Å². The van der Waals surface area contributed by atoms with E-state index >= 15 is 0 Å². The normalized spacial score (nSPS) is 13.2. The van der Waals surface area contributed by atoms with Gasteiger partial charge in [-0.15, -0.1) is 6.58 Å². The molecule has 1 aromatic rings. The van der Waals surface area contributed by atoms with Crippen LogP contribution >= 0.6 is 0 Å². The Labute approximate surface area is 203 Å². The minimum Gasteiger partial charge on any atom is -0.493 e. The van der Waals surface area contributed by atoms with Crippen LogP contribution in [0.5, 0.6) is 5.75 Å². The van der Waals surface area contributed by atoms with E-state index < -0.39 is 11.2 Å². The van der Waals surface area contributed by atoms with Gasteiger partial charge in [0.1, 0.15) is 5.75 Å². The molecule has 0 bridgehead atoms. The van der Waals surface area contributed by atoms with Gasteiger partial charge < -0.3 is 19.3 Å². The number of benzene rings is 1. The first kappa shape index (κ1) is 29.7. The van der Waals surface area contributed by atoms with Crippen molar-refractivity contribution in [2.45, 2.75) is 104 Å². The minimum absolute atomic E-state index is 0.0478. The molecule has 33 heavy (non-hydrogen) atoms. The predicted molar refractivity (Wildman–Crippen MR) is 139 cm³/mol. The Hall–Kier alpha value is -1.36. The van der Waals surface area contributed by atoms with E-state index in [4.69, 9.17) is 14.2 Å². The zero-order chi connectivity index (χ0) is 24.6. The summed E-state index contributed by atoms with van der Waals surface area (Å²) < 4.78 is 18.0. The number of aliphatic hydroxyl groups is 1. The SMILES string of the molecule is C=CCOCC(COc1ccc(CCCCCCCCC)cc1)C(C)(C)OCCC(C)(C)O. The molecule has 1 rings (SSSR count). The molecule has 0 aromatic heterocycles. The van der Waals surface area contributed by atoms with E-state index in [1.54, 1.807) is 19.9 Å². The molecular formula is C29H50O4. The van der Waals surface area contributed by atoms with E-state index in [9.17, 15) is 5.11 Å². The van der Waals surface area contributed by atoms with Gasteiger partial charge in [-0.3, -0.25) is 0 Å². The summed E-state index contributed by atoms with van der Waals surface area (Å²) in [4.78, 5) is 0. The van der Waals surface area contributed by atoms with Gasteiger partial charge in [-0.2, -0.15) is 0 Å². The third-order valence-corrected chi connectivity index (χ3v) is 6.17. The fraction of sp³-hybridized carbons (Fsp3) is 0.724. The lowest BCUT2D eigenvalue weighted by atomic mass is 9.92. The van der Waals surface area contributed by atoms with Gasteiger partial charge in [0.25, 0.3) is 0 Å². The maximum absolute atomic E-state index is 9.97. The molecule has 0 aliphatic heterocycles. The van der Waals surface area contributed by atoms with Crippen LogP contribution in [-0.2, 0) is 15.9 Å². The smallest absolute Gasteiger partial charge is 0.119 e. The molecule has 0 amide bonds. The molecule has 0 saturated heterocycles. The van der Waals surface area contributed by atoms with E-state index in [-0.39, 0.29) is 5.92 Å². The predicted octanol–water partition coefficient (Wildman–Crippen LogP) is 7.13. The van der Waals surface area contributed by atoms with Gasteiger partial charge in [0, 0.05) is 5.92 Å². The van der Waals surface area contributed by atoms with E-state index in [0.717, 1.165) is 12.2 Å². The third kappa shape index (κ3) is 14.5. The fourth-order valence-corrected chi connectivity index (χ4v) is 3.66. The minimum atomic E-state index is -0.738. The summed E-state index contributed by atoms with van der Waals surface area (Å²) in [7, 11) is 0.